The molecule has 444 valence electrons. The number of hydrogen-bond acceptors (Lipinski definition) is 10. The highest BCUT2D eigenvalue weighted by Crippen LogP contribution is 2.40. The van der Waals surface area contributed by atoms with Gasteiger partial charge in [0, 0.05) is 158 Å². The molecule has 0 aromatic heterocycles. The van der Waals surface area contributed by atoms with E-state index in [9.17, 15) is 0 Å². The summed E-state index contributed by atoms with van der Waals surface area (Å²) in [5, 5.41) is 6.94. The zero-order valence-electron chi connectivity index (χ0n) is 56.4. The Bertz CT molecular complexity index is 1380. The molecule has 0 bridgehead atoms. The molecule has 2 N–H and O–H groups in total. The second-order valence-electron chi connectivity index (χ2n) is 30.4. The van der Waals surface area contributed by atoms with E-state index >= 15 is 0 Å². The predicted octanol–water partition coefficient (Wildman–Crippen LogP) is 12.6. The summed E-state index contributed by atoms with van der Waals surface area (Å²) in [6.45, 7) is 78.9. The Hall–Kier alpha value is -0.400. The highest BCUT2D eigenvalue weighted by atomic mass is 15.4. The van der Waals surface area contributed by atoms with Gasteiger partial charge in [0.15, 0.2) is 0 Å². The number of rotatable bonds is 6. The van der Waals surface area contributed by atoms with Crippen molar-refractivity contribution in [3.63, 3.8) is 0 Å². The average molecular weight is 1050 g/mol. The van der Waals surface area contributed by atoms with E-state index in [1.807, 2.05) is 0 Å². The normalized spacial score (nSPS) is 31.1. The second-order valence-corrected chi connectivity index (χ2v) is 30.4. The quantitative estimate of drug-likeness (QED) is 0.269. The molecular formula is C64H138N10. The number of nitrogens with zero attached hydrogens (tertiary/aromatic N) is 8. The van der Waals surface area contributed by atoms with Gasteiger partial charge in [-0.25, -0.2) is 0 Å². The first-order chi connectivity index (χ1) is 33.5. The minimum absolute atomic E-state index is 0.274. The van der Waals surface area contributed by atoms with Crippen molar-refractivity contribution in [3.8, 4) is 0 Å². The van der Waals surface area contributed by atoms with Crippen LogP contribution in [0.5, 0.6) is 0 Å². The van der Waals surface area contributed by atoms with E-state index in [1.54, 1.807) is 0 Å². The highest BCUT2D eigenvalue weighted by molar-refractivity contribution is 5.03. The Morgan fingerprint density at radius 2 is 0.635 bits per heavy atom. The molecule has 0 amide bonds. The summed E-state index contributed by atoms with van der Waals surface area (Å²) in [6, 6.07) is 8.39. The molecule has 74 heavy (non-hydrogen) atoms. The summed E-state index contributed by atoms with van der Waals surface area (Å²) >= 11 is 0. The lowest BCUT2D eigenvalue weighted by Gasteiger charge is -2.57. The molecule has 6 aliphatic heterocycles. The molecule has 6 saturated heterocycles. The van der Waals surface area contributed by atoms with Crippen LogP contribution in [0.25, 0.3) is 0 Å². The Kier molecular flexibility index (Phi) is 28.9. The van der Waals surface area contributed by atoms with Gasteiger partial charge in [-0.1, -0.05) is 6.42 Å². The molecule has 6 fully saturated rings. The average Bonchev–Trinajstić information content (AvgIpc) is 3.15. The maximum Gasteiger partial charge on any atom is 0.0288 e. The molecule has 0 saturated carbocycles. The smallest absolute Gasteiger partial charge is 0.0288 e. The lowest BCUT2D eigenvalue weighted by molar-refractivity contribution is -0.0802. The zero-order valence-corrected chi connectivity index (χ0v) is 56.4. The fraction of sp³-hybridized carbons (Fsp3) is 1.00. The highest BCUT2D eigenvalue weighted by Gasteiger charge is 2.46. The fourth-order valence-electron chi connectivity index (χ4n) is 17.5. The van der Waals surface area contributed by atoms with Crippen molar-refractivity contribution in [1.82, 2.24) is 49.8 Å². The van der Waals surface area contributed by atoms with E-state index < -0.39 is 0 Å². The topological polar surface area (TPSA) is 50.0 Å². The number of piperazine rings is 4. The van der Waals surface area contributed by atoms with Crippen LogP contribution in [0.2, 0.25) is 0 Å². The summed E-state index contributed by atoms with van der Waals surface area (Å²) in [4.78, 5) is 20.7. The third-order valence-electron chi connectivity index (χ3n) is 17.6. The summed E-state index contributed by atoms with van der Waals surface area (Å²) in [6.07, 6.45) is 8.27. The van der Waals surface area contributed by atoms with E-state index in [4.69, 9.17) is 0 Å². The molecule has 0 aromatic rings. The number of likely N-dealkylation sites (N-methyl/N-ethyl adjacent to an activating group) is 2. The van der Waals surface area contributed by atoms with Crippen molar-refractivity contribution >= 4 is 0 Å². The Labute approximate surface area is 466 Å². The SMILES string of the molecule is CC(C)N1C(C)(C)CCCC1(C)C.CC(C)N1C(C)(C)CN(C)CC1(C)C.CC(C)N1C(C)(C)CNCC1(C)C.CC(C)N1C(C)CCCC1C.CC(C)N1C(C)CN(C)CC1C.CC(C)N1C(C)CNCC1C. The van der Waals surface area contributed by atoms with Crippen LogP contribution in [-0.2, 0) is 0 Å². The molecule has 6 aliphatic rings. The van der Waals surface area contributed by atoms with E-state index in [0.717, 1.165) is 57.4 Å². The summed E-state index contributed by atoms with van der Waals surface area (Å²) in [5.41, 5.74) is 1.88. The van der Waals surface area contributed by atoms with Crippen LogP contribution in [0, 0.1) is 0 Å². The van der Waals surface area contributed by atoms with Crippen LogP contribution < -0.4 is 10.6 Å². The van der Waals surface area contributed by atoms with E-state index in [0.29, 0.717) is 65.5 Å². The molecule has 6 rings (SSSR count). The van der Waals surface area contributed by atoms with Crippen LogP contribution in [0.1, 0.15) is 246 Å². The van der Waals surface area contributed by atoms with E-state index in [2.05, 4.69) is 272 Å². The van der Waals surface area contributed by atoms with E-state index in [-0.39, 0.29) is 22.2 Å². The van der Waals surface area contributed by atoms with Gasteiger partial charge in [-0.05, 0) is 254 Å². The Balaban J connectivity index is 0.000000445. The fourth-order valence-corrected chi connectivity index (χ4v) is 17.5. The first-order valence-corrected chi connectivity index (χ1v) is 31.0. The third-order valence-corrected chi connectivity index (χ3v) is 17.6. The van der Waals surface area contributed by atoms with Gasteiger partial charge >= 0.3 is 0 Å². The number of piperidine rings is 2. The third kappa shape index (κ3) is 21.2. The lowest BCUT2D eigenvalue weighted by atomic mass is 9.79. The minimum Gasteiger partial charge on any atom is -0.314 e. The van der Waals surface area contributed by atoms with Gasteiger partial charge in [0.1, 0.15) is 0 Å². The van der Waals surface area contributed by atoms with Crippen molar-refractivity contribution in [2.45, 2.75) is 352 Å². The second kappa shape index (κ2) is 29.9. The maximum absolute atomic E-state index is 3.51. The van der Waals surface area contributed by atoms with Gasteiger partial charge in [-0.2, -0.15) is 0 Å². The van der Waals surface area contributed by atoms with Crippen LogP contribution in [0.3, 0.4) is 0 Å². The molecule has 0 radical (unpaired) electrons. The first kappa shape index (κ1) is 71.6. The molecule has 0 aliphatic carbocycles. The first-order valence-electron chi connectivity index (χ1n) is 31.0. The monoisotopic (exact) mass is 1050 g/mol. The van der Waals surface area contributed by atoms with Gasteiger partial charge in [-0.15, -0.1) is 0 Å². The van der Waals surface area contributed by atoms with Crippen LogP contribution >= 0.6 is 0 Å². The summed E-state index contributed by atoms with van der Waals surface area (Å²) in [7, 11) is 4.44. The molecule has 6 unspecified atom stereocenters. The van der Waals surface area contributed by atoms with Crippen LogP contribution in [0.4, 0.5) is 0 Å². The van der Waals surface area contributed by atoms with Crippen molar-refractivity contribution < 1.29 is 0 Å². The lowest BCUT2D eigenvalue weighted by Crippen LogP contribution is -2.69. The van der Waals surface area contributed by atoms with Gasteiger partial charge in [0.2, 0.25) is 0 Å². The maximum atomic E-state index is 3.51. The molecule has 0 spiro atoms. The van der Waals surface area contributed by atoms with Crippen molar-refractivity contribution in [1.29, 1.82) is 0 Å². The predicted molar refractivity (Wildman–Crippen MR) is 332 cm³/mol. The van der Waals surface area contributed by atoms with Gasteiger partial charge < -0.3 is 20.4 Å². The molecule has 10 nitrogen and oxygen atoms in total. The molecule has 6 atom stereocenters. The van der Waals surface area contributed by atoms with Gasteiger partial charge in [0.25, 0.3) is 0 Å². The Morgan fingerprint density at radius 3 is 0.905 bits per heavy atom. The summed E-state index contributed by atoms with van der Waals surface area (Å²) in [5.74, 6) is 0. The Morgan fingerprint density at radius 1 is 0.338 bits per heavy atom. The van der Waals surface area contributed by atoms with Crippen LogP contribution in [-0.4, -0.2) is 211 Å². The molecule has 6 heterocycles. The van der Waals surface area contributed by atoms with Crippen molar-refractivity contribution in [2.75, 3.05) is 66.5 Å². The largest absolute Gasteiger partial charge is 0.314 e. The van der Waals surface area contributed by atoms with Crippen LogP contribution in [0.15, 0.2) is 0 Å². The standard InChI is InChI=1S/C12H26N2.C12H25N.C11H24N2.C10H22N2.C10H21N.C9H20N2/c1-10(2)14-11(3,4)8-13(7)9-12(14,5)6;1-10(2)13-11(3,4)8-7-9-12(13,5)6;1-9(2)13-10(3,4)7-12-8-11(13,5)6;1-8(2)12-9(3)6-11(5)7-10(12)4;1-8(2)11-9(3)6-5-7-10(11)4;1-7(2)11-8(3)5-10-6-9(11)4/h10H,8-9H2,1-7H3;10H,7-9H2,1-6H3;9,12H,7-8H2,1-6H3;8-10H,6-7H2,1-5H3;8-10H,5-7H2,1-4H3;7-10H,5-6H2,1-4H3. The molecular weight excluding hydrogens is 909 g/mol. The molecule has 10 heteroatoms. The van der Waals surface area contributed by atoms with Crippen molar-refractivity contribution in [3.05, 3.63) is 0 Å². The number of hydrogen-bond donors (Lipinski definition) is 2. The van der Waals surface area contributed by atoms with Gasteiger partial charge in [-0.3, -0.25) is 29.4 Å². The zero-order chi connectivity index (χ0) is 57.9. The number of nitrogens with one attached hydrogen (secondary N) is 2. The van der Waals surface area contributed by atoms with E-state index in [1.165, 1.54) is 51.6 Å². The number of likely N-dealkylation sites (tertiary alicyclic amines) is 2. The minimum atomic E-state index is 0.274. The van der Waals surface area contributed by atoms with Crippen molar-refractivity contribution in [2.24, 2.45) is 0 Å². The molecule has 0 aromatic carbocycles. The summed E-state index contributed by atoms with van der Waals surface area (Å²) < 4.78 is 0. The van der Waals surface area contributed by atoms with Gasteiger partial charge in [0.05, 0.1) is 0 Å².